The van der Waals surface area contributed by atoms with E-state index in [1.807, 2.05) is 0 Å². The van der Waals surface area contributed by atoms with Gasteiger partial charge in [0.1, 0.15) is 5.60 Å². The minimum absolute atomic E-state index is 0.00446. The van der Waals surface area contributed by atoms with E-state index in [1.165, 1.54) is 0 Å². The van der Waals surface area contributed by atoms with E-state index in [1.54, 1.807) is 41.5 Å². The first-order chi connectivity index (χ1) is 10.0. The topological polar surface area (TPSA) is 70.3 Å². The molecule has 1 unspecified atom stereocenters. The second-order valence-corrected chi connectivity index (χ2v) is 5.63. The van der Waals surface area contributed by atoms with E-state index in [2.05, 4.69) is 10.3 Å². The number of nitrogens with one attached hydrogen (secondary N) is 1. The van der Waals surface area contributed by atoms with Gasteiger partial charge in [0, 0.05) is 41.1 Å². The van der Waals surface area contributed by atoms with Crippen LogP contribution in [0, 0.1) is 0 Å². The molecular weight excluding hydrogens is 313 g/mol. The summed E-state index contributed by atoms with van der Waals surface area (Å²) in [6.07, 6.45) is 5.03. The lowest BCUT2D eigenvalue weighted by atomic mass is 9.93. The SMILES string of the molecule is OCCNCC(O)(Cn1ccnc1)c1ccc(Cl)cc1Cl. The molecule has 1 atom stereocenters. The quantitative estimate of drug-likeness (QED) is 0.676. The van der Waals surface area contributed by atoms with Crippen LogP contribution in [0.3, 0.4) is 0 Å². The molecule has 0 bridgehead atoms. The fraction of sp³-hybridized carbons (Fsp3) is 0.357. The molecule has 2 rings (SSSR count). The molecule has 7 heteroatoms. The van der Waals surface area contributed by atoms with Gasteiger partial charge in [-0.15, -0.1) is 0 Å². The van der Waals surface area contributed by atoms with Crippen molar-refractivity contribution in [3.8, 4) is 0 Å². The van der Waals surface area contributed by atoms with Crippen LogP contribution >= 0.6 is 23.2 Å². The fourth-order valence-electron chi connectivity index (χ4n) is 2.16. The number of hydrogen-bond acceptors (Lipinski definition) is 4. The van der Waals surface area contributed by atoms with Crippen LogP contribution in [0.15, 0.2) is 36.9 Å². The molecule has 1 aromatic carbocycles. The molecule has 0 saturated heterocycles. The van der Waals surface area contributed by atoms with E-state index in [0.29, 0.717) is 22.2 Å². The highest BCUT2D eigenvalue weighted by molar-refractivity contribution is 6.35. The van der Waals surface area contributed by atoms with Crippen LogP contribution in [0.4, 0.5) is 0 Å². The van der Waals surface area contributed by atoms with Crippen molar-refractivity contribution in [2.75, 3.05) is 19.7 Å². The van der Waals surface area contributed by atoms with Gasteiger partial charge in [0.2, 0.25) is 0 Å². The minimum Gasteiger partial charge on any atom is -0.395 e. The Kier molecular flexibility index (Phi) is 5.61. The Balaban J connectivity index is 2.29. The normalized spacial score (nSPS) is 14.1. The van der Waals surface area contributed by atoms with Crippen molar-refractivity contribution in [2.24, 2.45) is 0 Å². The van der Waals surface area contributed by atoms with Gasteiger partial charge < -0.3 is 20.1 Å². The number of benzene rings is 1. The Labute approximate surface area is 133 Å². The number of rotatable bonds is 7. The Morgan fingerprint density at radius 2 is 2.14 bits per heavy atom. The Hall–Kier alpha value is -1.11. The highest BCUT2D eigenvalue weighted by Crippen LogP contribution is 2.31. The van der Waals surface area contributed by atoms with E-state index in [4.69, 9.17) is 28.3 Å². The average Bonchev–Trinajstić information content (AvgIpc) is 2.91. The molecule has 0 aliphatic heterocycles. The number of aromatic nitrogens is 2. The van der Waals surface area contributed by atoms with Crippen LogP contribution in [0.25, 0.3) is 0 Å². The summed E-state index contributed by atoms with van der Waals surface area (Å²) in [4.78, 5) is 3.97. The Morgan fingerprint density at radius 3 is 2.76 bits per heavy atom. The van der Waals surface area contributed by atoms with E-state index in [0.717, 1.165) is 0 Å². The average molecular weight is 330 g/mol. The summed E-state index contributed by atoms with van der Waals surface area (Å²) in [5, 5.41) is 23.8. The minimum atomic E-state index is -1.24. The fourth-order valence-corrected chi connectivity index (χ4v) is 2.74. The lowest BCUT2D eigenvalue weighted by Crippen LogP contribution is -2.42. The predicted molar refractivity (Wildman–Crippen MR) is 82.5 cm³/mol. The highest BCUT2D eigenvalue weighted by atomic mass is 35.5. The van der Waals surface area contributed by atoms with Crippen molar-refractivity contribution >= 4 is 23.2 Å². The number of imidazole rings is 1. The monoisotopic (exact) mass is 329 g/mol. The smallest absolute Gasteiger partial charge is 0.121 e. The summed E-state index contributed by atoms with van der Waals surface area (Å²) < 4.78 is 1.77. The van der Waals surface area contributed by atoms with E-state index in [-0.39, 0.29) is 19.7 Å². The molecule has 0 radical (unpaired) electrons. The van der Waals surface area contributed by atoms with Gasteiger partial charge in [-0.2, -0.15) is 0 Å². The molecule has 0 fully saturated rings. The zero-order valence-corrected chi connectivity index (χ0v) is 12.8. The van der Waals surface area contributed by atoms with Gasteiger partial charge in [0.15, 0.2) is 0 Å². The van der Waals surface area contributed by atoms with Gasteiger partial charge in [0.25, 0.3) is 0 Å². The van der Waals surface area contributed by atoms with Crippen LogP contribution in [0.5, 0.6) is 0 Å². The van der Waals surface area contributed by atoms with Crippen molar-refractivity contribution in [2.45, 2.75) is 12.1 Å². The molecule has 0 aliphatic rings. The molecule has 1 aromatic heterocycles. The molecule has 0 spiro atoms. The molecule has 5 nitrogen and oxygen atoms in total. The van der Waals surface area contributed by atoms with E-state index >= 15 is 0 Å². The van der Waals surface area contributed by atoms with Crippen molar-refractivity contribution in [1.82, 2.24) is 14.9 Å². The van der Waals surface area contributed by atoms with Crippen LogP contribution in [-0.2, 0) is 12.1 Å². The van der Waals surface area contributed by atoms with Gasteiger partial charge in [-0.05, 0) is 12.1 Å². The zero-order valence-electron chi connectivity index (χ0n) is 11.3. The maximum atomic E-state index is 11.0. The van der Waals surface area contributed by atoms with E-state index < -0.39 is 5.60 Å². The number of aliphatic hydroxyl groups excluding tert-OH is 1. The first-order valence-electron chi connectivity index (χ1n) is 6.50. The van der Waals surface area contributed by atoms with Crippen molar-refractivity contribution < 1.29 is 10.2 Å². The molecule has 21 heavy (non-hydrogen) atoms. The maximum absolute atomic E-state index is 11.0. The van der Waals surface area contributed by atoms with Crippen LogP contribution in [0.2, 0.25) is 10.0 Å². The number of aliphatic hydroxyl groups is 2. The largest absolute Gasteiger partial charge is 0.395 e. The van der Waals surface area contributed by atoms with Gasteiger partial charge >= 0.3 is 0 Å². The summed E-state index contributed by atoms with van der Waals surface area (Å²) >= 11 is 12.1. The maximum Gasteiger partial charge on any atom is 0.121 e. The summed E-state index contributed by atoms with van der Waals surface area (Å²) in [6.45, 7) is 0.910. The van der Waals surface area contributed by atoms with Gasteiger partial charge in [-0.1, -0.05) is 29.3 Å². The van der Waals surface area contributed by atoms with Crippen molar-refractivity contribution in [3.63, 3.8) is 0 Å². The lowest BCUT2D eigenvalue weighted by molar-refractivity contribution is 0.0182. The third-order valence-corrected chi connectivity index (χ3v) is 3.69. The first-order valence-corrected chi connectivity index (χ1v) is 7.26. The van der Waals surface area contributed by atoms with Gasteiger partial charge in [-0.3, -0.25) is 0 Å². The molecule has 0 saturated carbocycles. The molecule has 0 amide bonds. The van der Waals surface area contributed by atoms with Gasteiger partial charge in [-0.25, -0.2) is 4.98 Å². The summed E-state index contributed by atoms with van der Waals surface area (Å²) in [5.74, 6) is 0. The van der Waals surface area contributed by atoms with Crippen LogP contribution < -0.4 is 5.32 Å². The summed E-state index contributed by atoms with van der Waals surface area (Å²) in [5.41, 5.74) is -0.662. The first kappa shape index (κ1) is 16.3. The van der Waals surface area contributed by atoms with Crippen LogP contribution in [-0.4, -0.2) is 39.5 Å². The number of hydrogen-bond donors (Lipinski definition) is 3. The third-order valence-electron chi connectivity index (χ3n) is 3.14. The third kappa shape index (κ3) is 4.18. The van der Waals surface area contributed by atoms with Crippen LogP contribution in [0.1, 0.15) is 5.56 Å². The van der Waals surface area contributed by atoms with Crippen molar-refractivity contribution in [3.05, 3.63) is 52.5 Å². The van der Waals surface area contributed by atoms with Gasteiger partial charge in [0.05, 0.1) is 19.5 Å². The summed E-state index contributed by atoms with van der Waals surface area (Å²) in [7, 11) is 0. The molecule has 2 aromatic rings. The predicted octanol–water partition coefficient (Wildman–Crippen LogP) is 1.66. The number of nitrogens with zero attached hydrogens (tertiary/aromatic N) is 2. The molecule has 114 valence electrons. The molecular formula is C14H17Cl2N3O2. The Bertz CT molecular complexity index is 578. The standard InChI is InChI=1S/C14H17Cl2N3O2/c15-11-1-2-12(13(16)7-11)14(21,8-17-4-6-20)9-19-5-3-18-10-19/h1-3,5,7,10,17,20-21H,4,6,8-9H2. The number of halogens is 2. The zero-order chi connectivity index (χ0) is 15.3. The summed E-state index contributed by atoms with van der Waals surface area (Å²) in [6, 6.07) is 5.00. The molecule has 0 aliphatic carbocycles. The molecule has 3 N–H and O–H groups in total. The lowest BCUT2D eigenvalue weighted by Gasteiger charge is -2.30. The highest BCUT2D eigenvalue weighted by Gasteiger charge is 2.31. The second-order valence-electron chi connectivity index (χ2n) is 4.79. The second kappa shape index (κ2) is 7.24. The van der Waals surface area contributed by atoms with Crippen molar-refractivity contribution in [1.29, 1.82) is 0 Å². The Morgan fingerprint density at radius 1 is 1.33 bits per heavy atom. The molecule has 1 heterocycles. The van der Waals surface area contributed by atoms with E-state index in [9.17, 15) is 5.11 Å².